The molecular weight excluding hydrogens is 120 g/mol. The van der Waals surface area contributed by atoms with Gasteiger partial charge in [0.15, 0.2) is 0 Å². The molecule has 0 aliphatic rings. The van der Waals surface area contributed by atoms with Gasteiger partial charge in [0.1, 0.15) is 0 Å². The molecule has 2 heterocycles. The van der Waals surface area contributed by atoms with Gasteiger partial charge < -0.3 is 0 Å². The predicted molar refractivity (Wildman–Crippen MR) is 36.1 cm³/mol. The number of hydrogen-bond donors (Lipinski definition) is 1. The van der Waals surface area contributed by atoms with Gasteiger partial charge in [0.2, 0.25) is 0 Å². The molecule has 0 unspecified atom stereocenters. The number of nitrogens with zero attached hydrogens (tertiary/aromatic N) is 1. The van der Waals surface area contributed by atoms with Crippen LogP contribution in [0.25, 0.3) is 10.2 Å². The number of fused-ring (bicyclic) bond motifs is 1. The molecule has 8 heavy (non-hydrogen) atoms. The summed E-state index contributed by atoms with van der Waals surface area (Å²) < 4.78 is 1.23. The minimum absolute atomic E-state index is 0. The van der Waals surface area contributed by atoms with Gasteiger partial charge in [-0.15, -0.1) is 11.3 Å². The van der Waals surface area contributed by atoms with Crippen molar-refractivity contribution in [2.45, 2.75) is 0 Å². The third-order valence-corrected chi connectivity index (χ3v) is 1.91. The third-order valence-electron chi connectivity index (χ3n) is 1.06. The first-order valence-corrected chi connectivity index (χ1v) is 3.21. The molecule has 0 radical (unpaired) electrons. The molecule has 0 bridgehead atoms. The largest absolute Gasteiger partial charge is 0.277 e. The average Bonchev–Trinajstić information content (AvgIpc) is 2.15. The summed E-state index contributed by atoms with van der Waals surface area (Å²) in [4.78, 5) is 0. The summed E-state index contributed by atoms with van der Waals surface area (Å²) in [5.74, 6) is 0. The second-order valence-electron chi connectivity index (χ2n) is 1.57. The van der Waals surface area contributed by atoms with Crippen molar-refractivity contribution in [3.63, 3.8) is 0 Å². The van der Waals surface area contributed by atoms with Gasteiger partial charge in [-0.3, -0.25) is 5.10 Å². The van der Waals surface area contributed by atoms with Crippen molar-refractivity contribution in [1.82, 2.24) is 10.2 Å². The molecule has 0 aliphatic carbocycles. The van der Waals surface area contributed by atoms with Crippen LogP contribution in [0, 0.1) is 0 Å². The molecule has 1 N–H and O–H groups in total. The summed E-state index contributed by atoms with van der Waals surface area (Å²) in [5, 5.41) is 8.75. The molecule has 0 saturated heterocycles. The molecule has 0 atom stereocenters. The lowest BCUT2D eigenvalue weighted by Crippen LogP contribution is -1.58. The minimum Gasteiger partial charge on any atom is -0.277 e. The van der Waals surface area contributed by atoms with Crippen molar-refractivity contribution in [3.8, 4) is 0 Å². The number of H-pyrrole nitrogens is 1. The van der Waals surface area contributed by atoms with Crippen LogP contribution in [0.2, 0.25) is 0 Å². The smallest absolute Gasteiger partial charge is 0.0758 e. The Morgan fingerprint density at radius 1 is 1.75 bits per heavy atom. The topological polar surface area (TPSA) is 28.7 Å². The quantitative estimate of drug-likeness (QED) is 0.573. The van der Waals surface area contributed by atoms with Gasteiger partial charge in [-0.2, -0.15) is 5.10 Å². The van der Waals surface area contributed by atoms with E-state index in [1.165, 1.54) is 4.70 Å². The fraction of sp³-hybridized carbons (Fsp3) is 0. The van der Waals surface area contributed by atoms with Crippen LogP contribution < -0.4 is 0 Å². The summed E-state index contributed by atoms with van der Waals surface area (Å²) in [5.41, 5.74) is 1.13. The van der Waals surface area contributed by atoms with E-state index in [0.29, 0.717) is 0 Å². The molecular formula is C5H6N2S. The number of thiophene rings is 1. The number of hydrogen-bond acceptors (Lipinski definition) is 2. The van der Waals surface area contributed by atoms with E-state index >= 15 is 0 Å². The lowest BCUT2D eigenvalue weighted by Gasteiger charge is -1.64. The highest BCUT2D eigenvalue weighted by molar-refractivity contribution is 7.17. The molecule has 0 saturated carbocycles. The van der Waals surface area contributed by atoms with Crippen molar-refractivity contribution in [2.75, 3.05) is 0 Å². The van der Waals surface area contributed by atoms with Gasteiger partial charge in [0.25, 0.3) is 0 Å². The number of rotatable bonds is 0. The van der Waals surface area contributed by atoms with Crippen LogP contribution in [0.1, 0.15) is 1.43 Å². The second kappa shape index (κ2) is 1.32. The second-order valence-corrected chi connectivity index (χ2v) is 2.52. The maximum Gasteiger partial charge on any atom is 0.0758 e. The molecule has 0 amide bonds. The third kappa shape index (κ3) is 0.391. The molecule has 0 aromatic carbocycles. The zero-order chi connectivity index (χ0) is 5.40. The van der Waals surface area contributed by atoms with E-state index in [1.807, 2.05) is 17.6 Å². The van der Waals surface area contributed by atoms with E-state index in [2.05, 4.69) is 10.2 Å². The van der Waals surface area contributed by atoms with Gasteiger partial charge in [-0.25, -0.2) is 0 Å². The summed E-state index contributed by atoms with van der Waals surface area (Å²) >= 11 is 1.70. The molecule has 0 fully saturated rings. The first-order valence-electron chi connectivity index (χ1n) is 2.33. The zero-order valence-corrected chi connectivity index (χ0v) is 4.90. The zero-order valence-electron chi connectivity index (χ0n) is 4.09. The Balaban J connectivity index is 0.000000405. The van der Waals surface area contributed by atoms with Crippen LogP contribution in [0.15, 0.2) is 17.6 Å². The van der Waals surface area contributed by atoms with Crippen molar-refractivity contribution >= 4 is 21.6 Å². The summed E-state index contributed by atoms with van der Waals surface area (Å²) in [6.45, 7) is 0. The first-order chi connectivity index (χ1) is 3.97. The molecule has 2 aromatic rings. The summed E-state index contributed by atoms with van der Waals surface area (Å²) in [6.07, 6.45) is 1.83. The standard InChI is InChI=1S/C5H4N2S.H2/c1-2-8-5-3-6-7-4(1)5;/h1-3H,(H,6,7);1H. The highest BCUT2D eigenvalue weighted by Gasteiger charge is 1.91. The normalized spacial score (nSPS) is 10.5. The van der Waals surface area contributed by atoms with Crippen LogP contribution >= 0.6 is 11.3 Å². The molecule has 0 aliphatic heterocycles. The van der Waals surface area contributed by atoms with E-state index in [4.69, 9.17) is 0 Å². The van der Waals surface area contributed by atoms with E-state index in [-0.39, 0.29) is 1.43 Å². The van der Waals surface area contributed by atoms with Gasteiger partial charge >= 0.3 is 0 Å². The maximum absolute atomic E-state index is 3.85. The Hall–Kier alpha value is -0.830. The van der Waals surface area contributed by atoms with Crippen molar-refractivity contribution < 1.29 is 1.43 Å². The Morgan fingerprint density at radius 3 is 3.62 bits per heavy atom. The lowest BCUT2D eigenvalue weighted by molar-refractivity contribution is 1.12. The predicted octanol–water partition coefficient (Wildman–Crippen LogP) is 1.87. The van der Waals surface area contributed by atoms with E-state index in [0.717, 1.165) is 5.52 Å². The monoisotopic (exact) mass is 126 g/mol. The molecule has 0 spiro atoms. The SMILES string of the molecule is [HH].c1cc2[nH]ncc2s1. The van der Waals surface area contributed by atoms with E-state index in [9.17, 15) is 0 Å². The summed E-state index contributed by atoms with van der Waals surface area (Å²) in [6, 6.07) is 2.02. The Bertz CT molecular complexity index is 236. The average molecular weight is 126 g/mol. The Kier molecular flexibility index (Phi) is 0.676. The van der Waals surface area contributed by atoms with Crippen molar-refractivity contribution in [3.05, 3.63) is 17.6 Å². The fourth-order valence-corrected chi connectivity index (χ4v) is 1.38. The van der Waals surface area contributed by atoms with Gasteiger partial charge in [-0.05, 0) is 11.4 Å². The highest BCUT2D eigenvalue weighted by Crippen LogP contribution is 2.15. The lowest BCUT2D eigenvalue weighted by atomic mass is 10.5. The first kappa shape index (κ1) is 4.09. The van der Waals surface area contributed by atoms with Crippen LogP contribution in [-0.4, -0.2) is 10.2 Å². The molecule has 42 valence electrons. The number of aromatic nitrogens is 2. The van der Waals surface area contributed by atoms with Crippen LogP contribution in [0.5, 0.6) is 0 Å². The van der Waals surface area contributed by atoms with Crippen molar-refractivity contribution in [2.24, 2.45) is 0 Å². The molecule has 2 nitrogen and oxygen atoms in total. The van der Waals surface area contributed by atoms with E-state index < -0.39 is 0 Å². The van der Waals surface area contributed by atoms with E-state index in [1.54, 1.807) is 11.3 Å². The van der Waals surface area contributed by atoms with Gasteiger partial charge in [0, 0.05) is 1.43 Å². The van der Waals surface area contributed by atoms with Crippen molar-refractivity contribution in [1.29, 1.82) is 0 Å². The minimum atomic E-state index is 0. The van der Waals surface area contributed by atoms with Gasteiger partial charge in [0.05, 0.1) is 16.4 Å². The maximum atomic E-state index is 3.85. The van der Waals surface area contributed by atoms with Gasteiger partial charge in [-0.1, -0.05) is 0 Å². The van der Waals surface area contributed by atoms with Crippen LogP contribution in [0.4, 0.5) is 0 Å². The van der Waals surface area contributed by atoms with Crippen LogP contribution in [-0.2, 0) is 0 Å². The number of nitrogens with one attached hydrogen (secondary N) is 1. The fourth-order valence-electron chi connectivity index (χ4n) is 0.674. The highest BCUT2D eigenvalue weighted by atomic mass is 32.1. The Labute approximate surface area is 51.6 Å². The summed E-state index contributed by atoms with van der Waals surface area (Å²) in [7, 11) is 0. The molecule has 2 rings (SSSR count). The van der Waals surface area contributed by atoms with Crippen LogP contribution in [0.3, 0.4) is 0 Å². The number of aromatic amines is 1. The Morgan fingerprint density at radius 2 is 2.75 bits per heavy atom. The molecule has 3 heteroatoms. The molecule has 2 aromatic heterocycles.